The fourth-order valence-corrected chi connectivity index (χ4v) is 3.58. The van der Waals surface area contributed by atoms with E-state index < -0.39 is 22.0 Å². The van der Waals surface area contributed by atoms with Crippen LogP contribution in [-0.2, 0) is 26.0 Å². The number of esters is 1. The maximum Gasteiger partial charge on any atom is 0.324 e. The second-order valence-corrected chi connectivity index (χ2v) is 7.75. The van der Waals surface area contributed by atoms with Gasteiger partial charge in [0, 0.05) is 0 Å². The van der Waals surface area contributed by atoms with Crippen LogP contribution in [0.1, 0.15) is 19.4 Å². The van der Waals surface area contributed by atoms with Crippen molar-refractivity contribution in [1.82, 2.24) is 4.72 Å². The number of aryl methyl sites for hydroxylation is 1. The number of benzene rings is 2. The van der Waals surface area contributed by atoms with Gasteiger partial charge in [-0.1, -0.05) is 19.1 Å². The van der Waals surface area contributed by atoms with E-state index in [0.29, 0.717) is 11.5 Å². The topological polar surface area (TPSA) is 90.9 Å². The van der Waals surface area contributed by atoms with E-state index in [1.54, 1.807) is 0 Å². The molecule has 0 aliphatic carbocycles. The third kappa shape index (κ3) is 6.24. The molecule has 0 radical (unpaired) electrons. The summed E-state index contributed by atoms with van der Waals surface area (Å²) in [5.74, 6) is 0.558. The van der Waals surface area contributed by atoms with E-state index in [2.05, 4.69) is 11.6 Å². The lowest BCUT2D eigenvalue weighted by Crippen LogP contribution is -2.39. The van der Waals surface area contributed by atoms with Gasteiger partial charge in [0.25, 0.3) is 0 Å². The molecule has 2 rings (SSSR count). The number of hydrogen-bond acceptors (Lipinski definition) is 6. The summed E-state index contributed by atoms with van der Waals surface area (Å²) in [7, 11) is -2.36. The van der Waals surface area contributed by atoms with Crippen LogP contribution in [0.3, 0.4) is 0 Å². The molecule has 1 N–H and O–H groups in total. The molecule has 2 aromatic rings. The summed E-state index contributed by atoms with van der Waals surface area (Å²) >= 11 is 0. The van der Waals surface area contributed by atoms with Crippen LogP contribution in [0.5, 0.6) is 11.5 Å². The molecule has 0 fully saturated rings. The van der Waals surface area contributed by atoms with Crippen LogP contribution in [0.15, 0.2) is 53.4 Å². The van der Waals surface area contributed by atoms with E-state index in [1.165, 1.54) is 38.3 Å². The summed E-state index contributed by atoms with van der Waals surface area (Å²) in [6.45, 7) is 3.67. The number of sulfonamides is 1. The zero-order valence-electron chi connectivity index (χ0n) is 16.2. The summed E-state index contributed by atoms with van der Waals surface area (Å²) in [5, 5.41) is 0. The number of carbonyl (C=O) groups is 1. The van der Waals surface area contributed by atoms with E-state index in [-0.39, 0.29) is 18.1 Å². The summed E-state index contributed by atoms with van der Waals surface area (Å²) in [4.78, 5) is 12.1. The minimum Gasteiger partial charge on any atom is -0.497 e. The fraction of sp³-hybridized carbons (Fsp3) is 0.350. The molecular formula is C20H25NO6S. The van der Waals surface area contributed by atoms with Gasteiger partial charge in [-0.25, -0.2) is 8.42 Å². The summed E-state index contributed by atoms with van der Waals surface area (Å²) in [6, 6.07) is 12.5. The Kier molecular flexibility index (Phi) is 7.83. The average molecular weight is 407 g/mol. The van der Waals surface area contributed by atoms with Crippen molar-refractivity contribution in [2.75, 3.05) is 20.3 Å². The Labute approximate surface area is 165 Å². The largest absolute Gasteiger partial charge is 0.497 e. The highest BCUT2D eigenvalue weighted by atomic mass is 32.2. The average Bonchev–Trinajstić information content (AvgIpc) is 2.70. The molecule has 0 spiro atoms. The molecule has 0 aliphatic rings. The number of nitrogens with one attached hydrogen (secondary N) is 1. The third-order valence-electron chi connectivity index (χ3n) is 3.96. The molecule has 152 valence electrons. The Morgan fingerprint density at radius 2 is 1.79 bits per heavy atom. The molecule has 0 heterocycles. The van der Waals surface area contributed by atoms with Gasteiger partial charge in [0.15, 0.2) is 0 Å². The van der Waals surface area contributed by atoms with E-state index in [9.17, 15) is 13.2 Å². The molecule has 2 aromatic carbocycles. The van der Waals surface area contributed by atoms with Crippen molar-refractivity contribution in [1.29, 1.82) is 0 Å². The van der Waals surface area contributed by atoms with E-state index in [4.69, 9.17) is 14.2 Å². The standard InChI is InChI=1S/C20H25NO6S/c1-4-16-6-5-7-18(14-16)26-12-13-27-20(22)15(2)21-28(23,24)19-10-8-17(25-3)9-11-19/h5-11,14-15,21H,4,12-13H2,1-3H3. The van der Waals surface area contributed by atoms with Gasteiger partial charge in [-0.2, -0.15) is 4.72 Å². The molecule has 8 heteroatoms. The molecule has 0 aliphatic heterocycles. The van der Waals surface area contributed by atoms with Gasteiger partial charge < -0.3 is 14.2 Å². The first kappa shape index (κ1) is 21.7. The lowest BCUT2D eigenvalue weighted by molar-refractivity contribution is -0.145. The number of carbonyl (C=O) groups excluding carboxylic acids is 1. The molecule has 0 saturated carbocycles. The monoisotopic (exact) mass is 407 g/mol. The second kappa shape index (κ2) is 10.1. The van der Waals surface area contributed by atoms with Crippen LogP contribution in [-0.4, -0.2) is 40.8 Å². The molecule has 7 nitrogen and oxygen atoms in total. The van der Waals surface area contributed by atoms with Crippen LogP contribution in [0.25, 0.3) is 0 Å². The fourth-order valence-electron chi connectivity index (χ4n) is 2.39. The Hall–Kier alpha value is -2.58. The number of hydrogen-bond donors (Lipinski definition) is 1. The molecule has 0 aromatic heterocycles. The Morgan fingerprint density at radius 1 is 1.07 bits per heavy atom. The minimum atomic E-state index is -3.85. The van der Waals surface area contributed by atoms with Gasteiger partial charge in [0.2, 0.25) is 10.0 Å². The Morgan fingerprint density at radius 3 is 2.43 bits per heavy atom. The predicted octanol–water partition coefficient (Wildman–Crippen LogP) is 2.55. The first-order valence-electron chi connectivity index (χ1n) is 8.90. The van der Waals surface area contributed by atoms with Crippen molar-refractivity contribution in [3.63, 3.8) is 0 Å². The summed E-state index contributed by atoms with van der Waals surface area (Å²) in [6.07, 6.45) is 0.901. The van der Waals surface area contributed by atoms with Crippen molar-refractivity contribution in [3.05, 3.63) is 54.1 Å². The van der Waals surface area contributed by atoms with Gasteiger partial charge >= 0.3 is 5.97 Å². The van der Waals surface area contributed by atoms with Crippen LogP contribution >= 0.6 is 0 Å². The summed E-state index contributed by atoms with van der Waals surface area (Å²) < 4.78 is 42.6. The van der Waals surface area contributed by atoms with Crippen LogP contribution in [0.2, 0.25) is 0 Å². The van der Waals surface area contributed by atoms with Gasteiger partial charge in [0.1, 0.15) is 30.8 Å². The van der Waals surface area contributed by atoms with E-state index >= 15 is 0 Å². The molecule has 0 bridgehead atoms. The third-order valence-corrected chi connectivity index (χ3v) is 5.51. The molecule has 1 unspecified atom stereocenters. The Bertz CT molecular complexity index is 880. The lowest BCUT2D eigenvalue weighted by Gasteiger charge is -2.14. The molecular weight excluding hydrogens is 382 g/mol. The minimum absolute atomic E-state index is 0.0176. The van der Waals surface area contributed by atoms with Crippen molar-refractivity contribution < 1.29 is 27.4 Å². The quantitative estimate of drug-likeness (QED) is 0.481. The van der Waals surface area contributed by atoms with Crippen LogP contribution < -0.4 is 14.2 Å². The molecule has 0 saturated heterocycles. The highest BCUT2D eigenvalue weighted by Gasteiger charge is 2.23. The van der Waals surface area contributed by atoms with Crippen LogP contribution in [0.4, 0.5) is 0 Å². The molecule has 1 atom stereocenters. The van der Waals surface area contributed by atoms with Gasteiger partial charge in [-0.3, -0.25) is 4.79 Å². The first-order chi connectivity index (χ1) is 13.4. The van der Waals surface area contributed by atoms with Gasteiger partial charge in [0.05, 0.1) is 12.0 Å². The first-order valence-corrected chi connectivity index (χ1v) is 10.4. The summed E-state index contributed by atoms with van der Waals surface area (Å²) in [5.41, 5.74) is 1.15. The highest BCUT2D eigenvalue weighted by Crippen LogP contribution is 2.16. The maximum absolute atomic E-state index is 12.3. The van der Waals surface area contributed by atoms with E-state index in [0.717, 1.165) is 12.0 Å². The number of rotatable bonds is 10. The highest BCUT2D eigenvalue weighted by molar-refractivity contribution is 7.89. The lowest BCUT2D eigenvalue weighted by atomic mass is 10.2. The van der Waals surface area contributed by atoms with Gasteiger partial charge in [-0.15, -0.1) is 0 Å². The molecule has 28 heavy (non-hydrogen) atoms. The smallest absolute Gasteiger partial charge is 0.324 e. The van der Waals surface area contributed by atoms with Crippen molar-refractivity contribution >= 4 is 16.0 Å². The van der Waals surface area contributed by atoms with Crippen molar-refractivity contribution in [2.45, 2.75) is 31.2 Å². The second-order valence-electron chi connectivity index (χ2n) is 6.04. The van der Waals surface area contributed by atoms with Crippen molar-refractivity contribution in [2.24, 2.45) is 0 Å². The predicted molar refractivity (Wildman–Crippen MR) is 105 cm³/mol. The zero-order valence-corrected chi connectivity index (χ0v) is 17.0. The number of ether oxygens (including phenoxy) is 3. The normalized spacial score (nSPS) is 12.2. The SMILES string of the molecule is CCc1cccc(OCCOC(=O)C(C)NS(=O)(=O)c2ccc(OC)cc2)c1. The molecule has 0 amide bonds. The van der Waals surface area contributed by atoms with Gasteiger partial charge in [-0.05, 0) is 55.3 Å². The maximum atomic E-state index is 12.3. The number of methoxy groups -OCH3 is 1. The van der Waals surface area contributed by atoms with Crippen LogP contribution in [0, 0.1) is 0 Å². The van der Waals surface area contributed by atoms with Crippen molar-refractivity contribution in [3.8, 4) is 11.5 Å². The van der Waals surface area contributed by atoms with E-state index in [1.807, 2.05) is 24.3 Å². The zero-order chi connectivity index (χ0) is 20.6. The Balaban J connectivity index is 1.81.